The van der Waals surface area contributed by atoms with Crippen molar-refractivity contribution in [3.63, 3.8) is 0 Å². The lowest BCUT2D eigenvalue weighted by Gasteiger charge is -2.23. The van der Waals surface area contributed by atoms with Gasteiger partial charge in [0, 0.05) is 0 Å². The molecule has 2 atom stereocenters. The van der Waals surface area contributed by atoms with Crippen LogP contribution in [0, 0.1) is 0 Å². The highest BCUT2D eigenvalue weighted by Crippen LogP contribution is 2.31. The minimum atomic E-state index is -0.276. The monoisotopic (exact) mass is 251 g/mol. The van der Waals surface area contributed by atoms with E-state index in [1.807, 2.05) is 4.68 Å². The smallest absolute Gasteiger partial charge is 0.0854 e. The summed E-state index contributed by atoms with van der Waals surface area (Å²) in [6.07, 6.45) is 6.86. The number of nitrogens with two attached hydrogens (primary N) is 1. The van der Waals surface area contributed by atoms with Crippen molar-refractivity contribution >= 4 is 5.69 Å². The summed E-state index contributed by atoms with van der Waals surface area (Å²) in [4.78, 5) is 0. The van der Waals surface area contributed by atoms with Gasteiger partial charge in [-0.05, 0) is 25.7 Å². The molecule has 1 heterocycles. The predicted octanol–water partition coefficient (Wildman–Crippen LogP) is 2.46. The molecule has 0 amide bonds. The summed E-state index contributed by atoms with van der Waals surface area (Å²) in [6.45, 7) is 4.18. The summed E-state index contributed by atoms with van der Waals surface area (Å²) in [7, 11) is 0. The number of nitrogens with zero attached hydrogens (tertiary/aromatic N) is 2. The third kappa shape index (κ3) is 2.39. The van der Waals surface area contributed by atoms with Crippen LogP contribution in [0.2, 0.25) is 0 Å². The third-order valence-electron chi connectivity index (χ3n) is 4.05. The molecule has 0 bridgehead atoms. The van der Waals surface area contributed by atoms with Crippen LogP contribution < -0.4 is 5.73 Å². The maximum atomic E-state index is 10.3. The fraction of sp³-hybridized carbons (Fsp3) is 0.786. The highest BCUT2D eigenvalue weighted by Gasteiger charge is 2.27. The number of hydrogen-bond donors (Lipinski definition) is 2. The first-order valence-electron chi connectivity index (χ1n) is 7.22. The molecule has 1 fully saturated rings. The molecule has 18 heavy (non-hydrogen) atoms. The first-order chi connectivity index (χ1) is 8.69. The van der Waals surface area contributed by atoms with Crippen LogP contribution in [0.1, 0.15) is 63.4 Å². The van der Waals surface area contributed by atoms with Crippen LogP contribution in [0.25, 0.3) is 0 Å². The second-order valence-corrected chi connectivity index (χ2v) is 5.23. The normalized spacial score (nSPS) is 25.1. The molecular weight excluding hydrogens is 226 g/mol. The van der Waals surface area contributed by atoms with Crippen LogP contribution in [0.5, 0.6) is 0 Å². The van der Waals surface area contributed by atoms with E-state index >= 15 is 0 Å². The Morgan fingerprint density at radius 2 is 1.94 bits per heavy atom. The summed E-state index contributed by atoms with van der Waals surface area (Å²) in [6, 6.07) is 0.116. The average Bonchev–Trinajstić information content (AvgIpc) is 2.54. The quantitative estimate of drug-likeness (QED) is 0.811. The maximum Gasteiger partial charge on any atom is 0.0854 e. The molecule has 4 nitrogen and oxygen atoms in total. The highest BCUT2D eigenvalue weighted by atomic mass is 16.3. The Hall–Kier alpha value is -1.03. The molecule has 2 unspecified atom stereocenters. The minimum absolute atomic E-state index is 0.116. The van der Waals surface area contributed by atoms with Crippen LogP contribution in [0.3, 0.4) is 0 Å². The van der Waals surface area contributed by atoms with Crippen molar-refractivity contribution in [2.24, 2.45) is 0 Å². The molecule has 0 spiro atoms. The van der Waals surface area contributed by atoms with Gasteiger partial charge in [-0.25, -0.2) is 0 Å². The van der Waals surface area contributed by atoms with Crippen LogP contribution in [0.15, 0.2) is 0 Å². The van der Waals surface area contributed by atoms with E-state index in [1.54, 1.807) is 0 Å². The van der Waals surface area contributed by atoms with Gasteiger partial charge in [-0.1, -0.05) is 33.1 Å². The molecule has 1 saturated carbocycles. The lowest BCUT2D eigenvalue weighted by molar-refractivity contribution is 0.0974. The lowest BCUT2D eigenvalue weighted by Crippen LogP contribution is -2.25. The number of hydrogen-bond acceptors (Lipinski definition) is 3. The average molecular weight is 251 g/mol. The Morgan fingerprint density at radius 1 is 1.22 bits per heavy atom. The molecule has 0 aromatic carbocycles. The van der Waals surface area contributed by atoms with E-state index in [0.717, 1.165) is 49.2 Å². The van der Waals surface area contributed by atoms with E-state index in [9.17, 15) is 5.11 Å². The second-order valence-electron chi connectivity index (χ2n) is 5.23. The van der Waals surface area contributed by atoms with Crippen molar-refractivity contribution in [3.05, 3.63) is 11.4 Å². The standard InChI is InChI=1S/C14H25N3O/c1-3-10-14(15)11(4-2)17(16-10)12-8-6-5-7-9-13(12)18/h12-13,18H,3-9,15H2,1-2H3. The number of anilines is 1. The molecule has 2 rings (SSSR count). The minimum Gasteiger partial charge on any atom is -0.396 e. The molecule has 1 aliphatic carbocycles. The maximum absolute atomic E-state index is 10.3. The van der Waals surface area contributed by atoms with E-state index in [-0.39, 0.29) is 12.1 Å². The van der Waals surface area contributed by atoms with Gasteiger partial charge in [0.15, 0.2) is 0 Å². The summed E-state index contributed by atoms with van der Waals surface area (Å²) in [5, 5.41) is 14.9. The largest absolute Gasteiger partial charge is 0.396 e. The SMILES string of the molecule is CCc1nn(C2CCCCCC2O)c(CC)c1N. The highest BCUT2D eigenvalue weighted by molar-refractivity contribution is 5.48. The van der Waals surface area contributed by atoms with Crippen molar-refractivity contribution in [1.82, 2.24) is 9.78 Å². The van der Waals surface area contributed by atoms with E-state index in [1.165, 1.54) is 12.8 Å². The van der Waals surface area contributed by atoms with E-state index in [4.69, 9.17) is 5.73 Å². The summed E-state index contributed by atoms with van der Waals surface area (Å²) in [5.41, 5.74) is 9.05. The zero-order valence-electron chi connectivity index (χ0n) is 11.5. The van der Waals surface area contributed by atoms with Crippen LogP contribution in [0.4, 0.5) is 5.69 Å². The van der Waals surface area contributed by atoms with Gasteiger partial charge in [0.1, 0.15) is 0 Å². The Balaban J connectivity index is 2.35. The van der Waals surface area contributed by atoms with Crippen LogP contribution in [-0.2, 0) is 12.8 Å². The summed E-state index contributed by atoms with van der Waals surface area (Å²) < 4.78 is 2.02. The van der Waals surface area contributed by atoms with Crippen molar-refractivity contribution in [3.8, 4) is 0 Å². The summed E-state index contributed by atoms with van der Waals surface area (Å²) in [5.74, 6) is 0. The fourth-order valence-corrected chi connectivity index (χ4v) is 2.98. The predicted molar refractivity (Wildman–Crippen MR) is 73.5 cm³/mol. The number of nitrogen functional groups attached to an aromatic ring is 1. The van der Waals surface area contributed by atoms with Crippen molar-refractivity contribution in [2.45, 2.75) is 70.9 Å². The number of aromatic nitrogens is 2. The zero-order chi connectivity index (χ0) is 13.1. The molecule has 0 saturated heterocycles. The molecule has 102 valence electrons. The van der Waals surface area contributed by atoms with Gasteiger partial charge in [0.05, 0.1) is 29.2 Å². The number of rotatable bonds is 3. The van der Waals surface area contributed by atoms with Crippen molar-refractivity contribution < 1.29 is 5.11 Å². The number of aliphatic hydroxyl groups is 1. The number of aliphatic hydroxyl groups excluding tert-OH is 1. The Morgan fingerprint density at radius 3 is 2.61 bits per heavy atom. The molecule has 3 N–H and O–H groups in total. The van der Waals surface area contributed by atoms with Crippen LogP contribution in [-0.4, -0.2) is 21.0 Å². The van der Waals surface area contributed by atoms with Gasteiger partial charge < -0.3 is 10.8 Å². The van der Waals surface area contributed by atoms with Crippen molar-refractivity contribution in [2.75, 3.05) is 5.73 Å². The Labute approximate surface area is 109 Å². The van der Waals surface area contributed by atoms with Gasteiger partial charge in [0.2, 0.25) is 0 Å². The van der Waals surface area contributed by atoms with Crippen LogP contribution >= 0.6 is 0 Å². The Kier molecular flexibility index (Phi) is 4.27. The van der Waals surface area contributed by atoms with E-state index in [2.05, 4.69) is 18.9 Å². The van der Waals surface area contributed by atoms with Gasteiger partial charge in [-0.3, -0.25) is 4.68 Å². The number of aryl methyl sites for hydroxylation is 1. The molecule has 0 radical (unpaired) electrons. The zero-order valence-corrected chi connectivity index (χ0v) is 11.5. The third-order valence-corrected chi connectivity index (χ3v) is 4.05. The van der Waals surface area contributed by atoms with E-state index in [0.29, 0.717) is 0 Å². The first-order valence-corrected chi connectivity index (χ1v) is 7.22. The second kappa shape index (κ2) is 5.74. The molecule has 1 aromatic heterocycles. The molecular formula is C14H25N3O. The van der Waals surface area contributed by atoms with E-state index < -0.39 is 0 Å². The van der Waals surface area contributed by atoms with Gasteiger partial charge in [-0.2, -0.15) is 5.10 Å². The van der Waals surface area contributed by atoms with Gasteiger partial charge >= 0.3 is 0 Å². The molecule has 1 aliphatic rings. The van der Waals surface area contributed by atoms with Crippen molar-refractivity contribution in [1.29, 1.82) is 0 Å². The topological polar surface area (TPSA) is 64.1 Å². The molecule has 1 aromatic rings. The molecule has 0 aliphatic heterocycles. The van der Waals surface area contributed by atoms with Gasteiger partial charge in [-0.15, -0.1) is 0 Å². The first kappa shape index (κ1) is 13.4. The Bertz CT molecular complexity index is 400. The molecule has 4 heteroatoms. The summed E-state index contributed by atoms with van der Waals surface area (Å²) >= 11 is 0. The lowest BCUT2D eigenvalue weighted by atomic mass is 10.1. The van der Waals surface area contributed by atoms with Gasteiger partial charge in [0.25, 0.3) is 0 Å². The fourth-order valence-electron chi connectivity index (χ4n) is 2.98.